The van der Waals surface area contributed by atoms with Gasteiger partial charge >= 0.3 is 5.97 Å². The second-order valence-corrected chi connectivity index (χ2v) is 4.30. The summed E-state index contributed by atoms with van der Waals surface area (Å²) in [7, 11) is 0. The van der Waals surface area contributed by atoms with Gasteiger partial charge in [0.15, 0.2) is 0 Å². The van der Waals surface area contributed by atoms with Crippen molar-refractivity contribution >= 4 is 5.97 Å². The second kappa shape index (κ2) is 4.61. The first-order valence-corrected chi connectivity index (χ1v) is 5.58. The number of aromatic nitrogens is 1. The van der Waals surface area contributed by atoms with E-state index >= 15 is 0 Å². The fraction of sp³-hybridized carbons (Fsp3) is 0.500. The van der Waals surface area contributed by atoms with Crippen LogP contribution in [0.1, 0.15) is 31.5 Å². The van der Waals surface area contributed by atoms with E-state index in [1.807, 2.05) is 25.1 Å². The molecule has 4 nitrogen and oxygen atoms in total. The SMILES string of the molecule is C[C@@H](NC(C(=O)O)C1CC1)c1ccccn1. The zero-order valence-electron chi connectivity index (χ0n) is 9.26. The van der Waals surface area contributed by atoms with E-state index in [4.69, 9.17) is 5.11 Å². The molecule has 1 saturated carbocycles. The predicted molar refractivity (Wildman–Crippen MR) is 59.9 cm³/mol. The van der Waals surface area contributed by atoms with Gasteiger partial charge in [-0.2, -0.15) is 0 Å². The van der Waals surface area contributed by atoms with Crippen LogP contribution in [-0.4, -0.2) is 22.1 Å². The summed E-state index contributed by atoms with van der Waals surface area (Å²) in [5.41, 5.74) is 0.884. The zero-order chi connectivity index (χ0) is 11.5. The van der Waals surface area contributed by atoms with Crippen LogP contribution in [0, 0.1) is 5.92 Å². The van der Waals surface area contributed by atoms with Gasteiger partial charge in [-0.3, -0.25) is 15.1 Å². The van der Waals surface area contributed by atoms with Gasteiger partial charge in [0.25, 0.3) is 0 Å². The fourth-order valence-electron chi connectivity index (χ4n) is 1.83. The summed E-state index contributed by atoms with van der Waals surface area (Å²) < 4.78 is 0. The highest BCUT2D eigenvalue weighted by Gasteiger charge is 2.36. The molecule has 1 fully saturated rings. The summed E-state index contributed by atoms with van der Waals surface area (Å²) in [5, 5.41) is 12.2. The average Bonchev–Trinajstić information content (AvgIpc) is 3.10. The maximum atomic E-state index is 11.1. The zero-order valence-corrected chi connectivity index (χ0v) is 9.26. The molecule has 0 bridgehead atoms. The summed E-state index contributed by atoms with van der Waals surface area (Å²) in [4.78, 5) is 15.3. The Labute approximate surface area is 94.7 Å². The Morgan fingerprint density at radius 3 is 2.81 bits per heavy atom. The largest absolute Gasteiger partial charge is 0.480 e. The Kier molecular flexibility index (Phi) is 3.19. The van der Waals surface area contributed by atoms with Crippen molar-refractivity contribution < 1.29 is 9.90 Å². The highest BCUT2D eigenvalue weighted by Crippen LogP contribution is 2.33. The van der Waals surface area contributed by atoms with Crippen molar-refractivity contribution in [2.24, 2.45) is 5.92 Å². The van der Waals surface area contributed by atoms with Crippen molar-refractivity contribution in [2.45, 2.75) is 31.8 Å². The van der Waals surface area contributed by atoms with E-state index in [-0.39, 0.29) is 6.04 Å². The lowest BCUT2D eigenvalue weighted by Crippen LogP contribution is -2.40. The van der Waals surface area contributed by atoms with E-state index in [1.54, 1.807) is 6.20 Å². The van der Waals surface area contributed by atoms with Gasteiger partial charge in [-0.25, -0.2) is 0 Å². The van der Waals surface area contributed by atoms with Crippen LogP contribution in [-0.2, 0) is 4.79 Å². The first kappa shape index (κ1) is 11.1. The molecule has 0 aliphatic heterocycles. The molecular formula is C12H16N2O2. The first-order chi connectivity index (χ1) is 7.68. The topological polar surface area (TPSA) is 62.2 Å². The molecule has 16 heavy (non-hydrogen) atoms. The maximum Gasteiger partial charge on any atom is 0.321 e. The van der Waals surface area contributed by atoms with Crippen molar-refractivity contribution in [1.29, 1.82) is 0 Å². The number of hydrogen-bond acceptors (Lipinski definition) is 3. The Bertz CT molecular complexity index is 363. The van der Waals surface area contributed by atoms with Crippen LogP contribution in [0.15, 0.2) is 24.4 Å². The lowest BCUT2D eigenvalue weighted by atomic mass is 10.1. The summed E-state index contributed by atoms with van der Waals surface area (Å²) in [6.07, 6.45) is 3.75. The smallest absolute Gasteiger partial charge is 0.321 e. The second-order valence-electron chi connectivity index (χ2n) is 4.30. The molecule has 1 aliphatic carbocycles. The number of rotatable bonds is 5. The number of hydrogen-bond donors (Lipinski definition) is 2. The van der Waals surface area contributed by atoms with Crippen molar-refractivity contribution in [3.8, 4) is 0 Å². The van der Waals surface area contributed by atoms with Gasteiger partial charge < -0.3 is 5.11 Å². The minimum Gasteiger partial charge on any atom is -0.480 e. The number of carboxylic acids is 1. The molecule has 1 aromatic heterocycles. The van der Waals surface area contributed by atoms with Crippen molar-refractivity contribution in [1.82, 2.24) is 10.3 Å². The Morgan fingerprint density at radius 2 is 2.31 bits per heavy atom. The Hall–Kier alpha value is -1.42. The molecule has 0 amide bonds. The van der Waals surface area contributed by atoms with Crippen molar-refractivity contribution in [3.63, 3.8) is 0 Å². The van der Waals surface area contributed by atoms with E-state index in [2.05, 4.69) is 10.3 Å². The first-order valence-electron chi connectivity index (χ1n) is 5.58. The summed E-state index contributed by atoms with van der Waals surface area (Å²) in [6, 6.07) is 5.21. The van der Waals surface area contributed by atoms with E-state index in [0.717, 1.165) is 18.5 Å². The predicted octanol–water partition coefficient (Wildman–Crippen LogP) is 1.60. The third-order valence-electron chi connectivity index (χ3n) is 2.92. The highest BCUT2D eigenvalue weighted by atomic mass is 16.4. The summed E-state index contributed by atoms with van der Waals surface area (Å²) in [5.74, 6) is -0.464. The number of pyridine rings is 1. The highest BCUT2D eigenvalue weighted by molar-refractivity contribution is 5.74. The minimum absolute atomic E-state index is 0.0251. The fourth-order valence-corrected chi connectivity index (χ4v) is 1.83. The number of nitrogens with one attached hydrogen (secondary N) is 1. The lowest BCUT2D eigenvalue weighted by molar-refractivity contribution is -0.140. The molecule has 2 N–H and O–H groups in total. The van der Waals surface area contributed by atoms with Gasteiger partial charge in [0, 0.05) is 12.2 Å². The number of carboxylic acid groups (broad SMARTS) is 1. The van der Waals surface area contributed by atoms with Crippen LogP contribution in [0.25, 0.3) is 0 Å². The number of aliphatic carboxylic acids is 1. The van der Waals surface area contributed by atoms with Crippen LogP contribution in [0.2, 0.25) is 0 Å². The molecule has 1 aromatic rings. The monoisotopic (exact) mass is 220 g/mol. The molecule has 1 aliphatic rings. The van der Waals surface area contributed by atoms with E-state index in [1.165, 1.54) is 0 Å². The van der Waals surface area contributed by atoms with Crippen molar-refractivity contribution in [3.05, 3.63) is 30.1 Å². The molecule has 4 heteroatoms. The van der Waals surface area contributed by atoms with Gasteiger partial charge in [0.1, 0.15) is 6.04 Å². The normalized spacial score (nSPS) is 19.1. The lowest BCUT2D eigenvalue weighted by Gasteiger charge is -2.19. The molecule has 86 valence electrons. The van der Waals surface area contributed by atoms with Crippen molar-refractivity contribution in [2.75, 3.05) is 0 Å². The molecule has 1 unspecified atom stereocenters. The third kappa shape index (κ3) is 2.58. The van der Waals surface area contributed by atoms with Gasteiger partial charge in [-0.15, -0.1) is 0 Å². The molecule has 0 aromatic carbocycles. The Morgan fingerprint density at radius 1 is 1.56 bits per heavy atom. The Balaban J connectivity index is 2.00. The molecule has 1 heterocycles. The standard InChI is InChI=1S/C12H16N2O2/c1-8(10-4-2-3-7-13-10)14-11(12(15)16)9-5-6-9/h2-4,7-9,11,14H,5-6H2,1H3,(H,15,16)/t8-,11?/m1/s1. The van der Waals surface area contributed by atoms with Crippen LogP contribution >= 0.6 is 0 Å². The summed E-state index contributed by atoms with van der Waals surface area (Å²) >= 11 is 0. The van der Waals surface area contributed by atoms with E-state index in [9.17, 15) is 4.79 Å². The van der Waals surface area contributed by atoms with Gasteiger partial charge in [-0.1, -0.05) is 6.07 Å². The van der Waals surface area contributed by atoms with Crippen LogP contribution < -0.4 is 5.32 Å². The molecular weight excluding hydrogens is 204 g/mol. The van der Waals surface area contributed by atoms with Crippen LogP contribution in [0.4, 0.5) is 0 Å². The summed E-state index contributed by atoms with van der Waals surface area (Å²) in [6.45, 7) is 1.95. The molecule has 0 radical (unpaired) electrons. The molecule has 2 atom stereocenters. The molecule has 0 spiro atoms. The molecule has 2 rings (SSSR count). The molecule has 0 saturated heterocycles. The van der Waals surface area contributed by atoms with Gasteiger partial charge in [0.05, 0.1) is 5.69 Å². The quantitative estimate of drug-likeness (QED) is 0.791. The minimum atomic E-state index is -0.759. The van der Waals surface area contributed by atoms with Crippen LogP contribution in [0.3, 0.4) is 0 Å². The van der Waals surface area contributed by atoms with E-state index in [0.29, 0.717) is 5.92 Å². The van der Waals surface area contributed by atoms with Crippen LogP contribution in [0.5, 0.6) is 0 Å². The average molecular weight is 220 g/mol. The third-order valence-corrected chi connectivity index (χ3v) is 2.92. The van der Waals surface area contributed by atoms with E-state index < -0.39 is 12.0 Å². The number of nitrogens with zero attached hydrogens (tertiary/aromatic N) is 1. The van der Waals surface area contributed by atoms with Gasteiger partial charge in [0.2, 0.25) is 0 Å². The number of carbonyl (C=O) groups is 1. The maximum absolute atomic E-state index is 11.1. The van der Waals surface area contributed by atoms with Gasteiger partial charge in [-0.05, 0) is 37.8 Å².